The molecule has 5 nitrogen and oxygen atoms in total. The summed E-state index contributed by atoms with van der Waals surface area (Å²) in [6.45, 7) is 8.11. The van der Waals surface area contributed by atoms with Gasteiger partial charge in [0, 0.05) is 43.4 Å². The molecule has 0 radical (unpaired) electrons. The van der Waals surface area contributed by atoms with E-state index in [1.165, 1.54) is 0 Å². The Morgan fingerprint density at radius 1 is 0.914 bits per heavy atom. The van der Waals surface area contributed by atoms with Crippen LogP contribution >= 0.6 is 34.8 Å². The predicted octanol–water partition coefficient (Wildman–Crippen LogP) is 6.60. The van der Waals surface area contributed by atoms with E-state index in [0.717, 1.165) is 60.1 Å². The normalized spacial score (nSPS) is 14.1. The Morgan fingerprint density at radius 2 is 1.66 bits per heavy atom. The van der Waals surface area contributed by atoms with Crippen LogP contribution in [0.3, 0.4) is 0 Å². The van der Waals surface area contributed by atoms with E-state index in [9.17, 15) is 4.79 Å². The van der Waals surface area contributed by atoms with Crippen molar-refractivity contribution in [1.82, 2.24) is 4.90 Å². The monoisotopic (exact) mass is 531 g/mol. The first-order valence-corrected chi connectivity index (χ1v) is 12.6. The maximum Gasteiger partial charge on any atom is 0.262 e. The zero-order valence-electron chi connectivity index (χ0n) is 19.8. The van der Waals surface area contributed by atoms with Gasteiger partial charge in [-0.25, -0.2) is 0 Å². The third-order valence-electron chi connectivity index (χ3n) is 6.02. The standard InChI is InChI=1S/C27H28Cl3N3O2/c1-18-13-19(2)27(24(30)14-18)35-17-26(34)31-21-7-8-25(23(29)15-21)33-11-9-32(10-12-33)16-20-5-3-4-6-22(20)28/h3-8,13-15H,9-12,16-17H2,1-2H3,(H,31,34). The summed E-state index contributed by atoms with van der Waals surface area (Å²) in [4.78, 5) is 17.1. The summed E-state index contributed by atoms with van der Waals surface area (Å²) < 4.78 is 5.67. The zero-order chi connectivity index (χ0) is 24.9. The molecule has 184 valence electrons. The van der Waals surface area contributed by atoms with Gasteiger partial charge in [-0.05, 0) is 60.9 Å². The molecule has 1 amide bonds. The van der Waals surface area contributed by atoms with Crippen LogP contribution in [-0.4, -0.2) is 43.6 Å². The van der Waals surface area contributed by atoms with E-state index in [-0.39, 0.29) is 12.5 Å². The van der Waals surface area contributed by atoms with Crippen molar-refractivity contribution in [2.75, 3.05) is 43.0 Å². The molecule has 4 rings (SSSR count). The molecule has 1 heterocycles. The van der Waals surface area contributed by atoms with E-state index < -0.39 is 0 Å². The van der Waals surface area contributed by atoms with E-state index in [0.29, 0.717) is 21.5 Å². The van der Waals surface area contributed by atoms with Gasteiger partial charge in [-0.3, -0.25) is 9.69 Å². The smallest absolute Gasteiger partial charge is 0.262 e. The molecule has 3 aromatic rings. The largest absolute Gasteiger partial charge is 0.482 e. The molecule has 0 unspecified atom stereocenters. The maximum atomic E-state index is 12.4. The Bertz CT molecular complexity index is 1190. The summed E-state index contributed by atoms with van der Waals surface area (Å²) in [6, 6.07) is 17.3. The molecule has 1 N–H and O–H groups in total. The topological polar surface area (TPSA) is 44.8 Å². The van der Waals surface area contributed by atoms with Gasteiger partial charge in [0.2, 0.25) is 0 Å². The maximum absolute atomic E-state index is 12.4. The van der Waals surface area contributed by atoms with Gasteiger partial charge < -0.3 is 15.0 Å². The molecule has 1 aliphatic heterocycles. The summed E-state index contributed by atoms with van der Waals surface area (Å²) in [5, 5.41) is 4.74. The van der Waals surface area contributed by atoms with Crippen molar-refractivity contribution < 1.29 is 9.53 Å². The highest BCUT2D eigenvalue weighted by Crippen LogP contribution is 2.31. The SMILES string of the molecule is Cc1cc(C)c(OCC(=O)Nc2ccc(N3CCN(Cc4ccccc4Cl)CC3)c(Cl)c2)c(Cl)c1. The van der Waals surface area contributed by atoms with Crippen LogP contribution in [0.2, 0.25) is 15.1 Å². The second kappa shape index (κ2) is 11.5. The number of carbonyl (C=O) groups excluding carboxylic acids is 1. The second-order valence-corrected chi connectivity index (χ2v) is 9.97. The summed E-state index contributed by atoms with van der Waals surface area (Å²) >= 11 is 19.2. The van der Waals surface area contributed by atoms with Gasteiger partial charge in [-0.15, -0.1) is 0 Å². The van der Waals surface area contributed by atoms with Crippen molar-refractivity contribution in [3.8, 4) is 5.75 Å². The number of hydrogen-bond acceptors (Lipinski definition) is 4. The molecule has 0 atom stereocenters. The minimum atomic E-state index is -0.280. The number of halogens is 3. The molecule has 1 aliphatic rings. The molecule has 0 saturated carbocycles. The molecular weight excluding hydrogens is 505 g/mol. The average molecular weight is 533 g/mol. The Kier molecular flexibility index (Phi) is 8.45. The Balaban J connectivity index is 1.30. The fourth-order valence-electron chi connectivity index (χ4n) is 4.28. The third kappa shape index (κ3) is 6.62. The number of rotatable bonds is 7. The van der Waals surface area contributed by atoms with Crippen molar-refractivity contribution in [3.05, 3.63) is 86.4 Å². The summed E-state index contributed by atoms with van der Waals surface area (Å²) in [5.41, 5.74) is 4.66. The third-order valence-corrected chi connectivity index (χ3v) is 6.97. The fraction of sp³-hybridized carbons (Fsp3) is 0.296. The van der Waals surface area contributed by atoms with Gasteiger partial charge in [0.25, 0.3) is 5.91 Å². The first-order valence-electron chi connectivity index (χ1n) is 11.5. The minimum Gasteiger partial charge on any atom is -0.482 e. The lowest BCUT2D eigenvalue weighted by molar-refractivity contribution is -0.118. The van der Waals surface area contributed by atoms with Crippen LogP contribution in [-0.2, 0) is 11.3 Å². The van der Waals surface area contributed by atoms with Crippen LogP contribution in [0.15, 0.2) is 54.6 Å². The van der Waals surface area contributed by atoms with E-state index in [4.69, 9.17) is 39.5 Å². The van der Waals surface area contributed by atoms with Crippen LogP contribution in [0.1, 0.15) is 16.7 Å². The Hall–Kier alpha value is -2.44. The number of nitrogens with zero attached hydrogens (tertiary/aromatic N) is 2. The van der Waals surface area contributed by atoms with Crippen LogP contribution in [0.25, 0.3) is 0 Å². The molecule has 0 aromatic heterocycles. The molecule has 8 heteroatoms. The number of piperazine rings is 1. The first-order chi connectivity index (χ1) is 16.8. The molecule has 0 bridgehead atoms. The summed E-state index contributed by atoms with van der Waals surface area (Å²) in [5.74, 6) is 0.243. The zero-order valence-corrected chi connectivity index (χ0v) is 22.1. The van der Waals surface area contributed by atoms with E-state index >= 15 is 0 Å². The van der Waals surface area contributed by atoms with Gasteiger partial charge in [-0.2, -0.15) is 0 Å². The number of carbonyl (C=O) groups is 1. The van der Waals surface area contributed by atoms with Gasteiger partial charge in [0.15, 0.2) is 6.61 Å². The second-order valence-electron chi connectivity index (χ2n) is 8.75. The number of nitrogens with one attached hydrogen (secondary N) is 1. The molecule has 0 spiro atoms. The average Bonchev–Trinajstić information content (AvgIpc) is 2.81. The highest BCUT2D eigenvalue weighted by Gasteiger charge is 2.20. The Morgan fingerprint density at radius 3 is 2.34 bits per heavy atom. The molecule has 3 aromatic carbocycles. The van der Waals surface area contributed by atoms with E-state index in [2.05, 4.69) is 21.2 Å². The van der Waals surface area contributed by atoms with E-state index in [1.54, 1.807) is 6.07 Å². The van der Waals surface area contributed by atoms with Crippen molar-refractivity contribution in [2.24, 2.45) is 0 Å². The highest BCUT2D eigenvalue weighted by atomic mass is 35.5. The first kappa shape index (κ1) is 25.6. The quantitative estimate of drug-likeness (QED) is 0.372. The van der Waals surface area contributed by atoms with Crippen LogP contribution in [0, 0.1) is 13.8 Å². The lowest BCUT2D eigenvalue weighted by atomic mass is 10.1. The summed E-state index contributed by atoms with van der Waals surface area (Å²) in [6.07, 6.45) is 0. The number of benzene rings is 3. The fourth-order valence-corrected chi connectivity index (χ4v) is 5.15. The number of anilines is 2. The predicted molar refractivity (Wildman–Crippen MR) is 145 cm³/mol. The highest BCUT2D eigenvalue weighted by molar-refractivity contribution is 6.33. The summed E-state index contributed by atoms with van der Waals surface area (Å²) in [7, 11) is 0. The lowest BCUT2D eigenvalue weighted by Gasteiger charge is -2.36. The number of hydrogen-bond donors (Lipinski definition) is 1. The lowest BCUT2D eigenvalue weighted by Crippen LogP contribution is -2.46. The molecule has 0 aliphatic carbocycles. The van der Waals surface area contributed by atoms with Gasteiger partial charge in [0.1, 0.15) is 5.75 Å². The van der Waals surface area contributed by atoms with Crippen molar-refractivity contribution in [3.63, 3.8) is 0 Å². The van der Waals surface area contributed by atoms with Crippen LogP contribution < -0.4 is 15.0 Å². The van der Waals surface area contributed by atoms with Gasteiger partial charge in [-0.1, -0.05) is 59.1 Å². The van der Waals surface area contributed by atoms with Crippen LogP contribution in [0.5, 0.6) is 5.75 Å². The number of amides is 1. The van der Waals surface area contributed by atoms with Gasteiger partial charge in [0.05, 0.1) is 15.7 Å². The molecule has 1 saturated heterocycles. The van der Waals surface area contributed by atoms with Crippen LogP contribution in [0.4, 0.5) is 11.4 Å². The molecule has 1 fully saturated rings. The molecule has 35 heavy (non-hydrogen) atoms. The number of ether oxygens (including phenoxy) is 1. The van der Waals surface area contributed by atoms with Crippen molar-refractivity contribution in [1.29, 1.82) is 0 Å². The van der Waals surface area contributed by atoms with Crippen molar-refractivity contribution >= 4 is 52.1 Å². The van der Waals surface area contributed by atoms with E-state index in [1.807, 2.05) is 56.3 Å². The molecular formula is C27H28Cl3N3O2. The Labute approximate surface area is 221 Å². The van der Waals surface area contributed by atoms with Gasteiger partial charge >= 0.3 is 0 Å². The van der Waals surface area contributed by atoms with Crippen molar-refractivity contribution in [2.45, 2.75) is 20.4 Å². The number of aryl methyl sites for hydroxylation is 2. The minimum absolute atomic E-state index is 0.142.